The Kier molecular flexibility index (Phi) is 13.1. The van der Waals surface area contributed by atoms with E-state index in [1.54, 1.807) is 0 Å². The normalized spacial score (nSPS) is 14.9. The van der Waals surface area contributed by atoms with E-state index >= 15 is 0 Å². The maximum atomic E-state index is 12.6. The Morgan fingerprint density at radius 1 is 0.975 bits per heavy atom. The fraction of sp³-hybridized carbons (Fsp3) is 0.562. The van der Waals surface area contributed by atoms with Gasteiger partial charge in [0, 0.05) is 12.5 Å². The lowest BCUT2D eigenvalue weighted by atomic mass is 9.87. The van der Waals surface area contributed by atoms with Crippen molar-refractivity contribution in [3.05, 3.63) is 71.3 Å². The Hall–Kier alpha value is -2.94. The molecular weight excluding hydrogens is 506 g/mol. The molecule has 0 saturated heterocycles. The second-order valence-corrected chi connectivity index (χ2v) is 12.2. The van der Waals surface area contributed by atoms with Gasteiger partial charge in [0.25, 0.3) is 0 Å². The van der Waals surface area contributed by atoms with E-state index in [-0.39, 0.29) is 37.4 Å². The van der Waals surface area contributed by atoms with E-state index < -0.39 is 29.9 Å². The number of rotatable bonds is 14. The summed E-state index contributed by atoms with van der Waals surface area (Å²) >= 11 is 0. The van der Waals surface area contributed by atoms with E-state index in [4.69, 9.17) is 15.2 Å². The molecule has 2 aromatic carbocycles. The van der Waals surface area contributed by atoms with Crippen LogP contribution in [-0.4, -0.2) is 48.0 Å². The maximum Gasteiger partial charge on any atom is 0.408 e. The quantitative estimate of drug-likeness (QED) is 0.262. The van der Waals surface area contributed by atoms with E-state index in [1.807, 2.05) is 103 Å². The molecule has 5 N–H and O–H groups in total. The van der Waals surface area contributed by atoms with Gasteiger partial charge in [0.2, 0.25) is 5.91 Å². The predicted molar refractivity (Wildman–Crippen MR) is 159 cm³/mol. The Morgan fingerprint density at radius 3 is 2.23 bits per heavy atom. The third kappa shape index (κ3) is 11.7. The fourth-order valence-electron chi connectivity index (χ4n) is 4.27. The Bertz CT molecular complexity index is 1050. The van der Waals surface area contributed by atoms with Crippen LogP contribution in [0, 0.1) is 17.8 Å². The first-order valence-electron chi connectivity index (χ1n) is 14.2. The van der Waals surface area contributed by atoms with Crippen LogP contribution in [-0.2, 0) is 20.9 Å². The van der Waals surface area contributed by atoms with Crippen molar-refractivity contribution in [2.45, 2.75) is 85.3 Å². The average Bonchev–Trinajstić information content (AvgIpc) is 2.88. The number of hydrogen-bond acceptors (Lipinski definition) is 6. The number of carbonyl (C=O) groups excluding carboxylic acids is 2. The summed E-state index contributed by atoms with van der Waals surface area (Å²) in [6.45, 7) is 14.5. The van der Waals surface area contributed by atoms with E-state index in [1.165, 1.54) is 0 Å². The third-order valence-electron chi connectivity index (χ3n) is 6.47. The molecule has 2 rings (SSSR count). The van der Waals surface area contributed by atoms with Gasteiger partial charge < -0.3 is 30.9 Å². The van der Waals surface area contributed by atoms with Gasteiger partial charge in [0.15, 0.2) is 0 Å². The molecule has 222 valence electrons. The number of nitrogens with one attached hydrogen (secondary N) is 2. The number of aliphatic hydroxyl groups is 1. The molecule has 0 aliphatic rings. The molecule has 2 aromatic rings. The summed E-state index contributed by atoms with van der Waals surface area (Å²) < 4.78 is 11.4. The third-order valence-corrected chi connectivity index (χ3v) is 6.47. The largest absolute Gasteiger partial charge is 0.444 e. The highest BCUT2D eigenvalue weighted by molar-refractivity contribution is 5.78. The minimum Gasteiger partial charge on any atom is -0.444 e. The summed E-state index contributed by atoms with van der Waals surface area (Å²) in [6.07, 6.45) is -1.10. The first-order valence-corrected chi connectivity index (χ1v) is 14.2. The minimum absolute atomic E-state index is 0.0550. The van der Waals surface area contributed by atoms with Crippen LogP contribution in [0.4, 0.5) is 4.79 Å². The molecule has 0 saturated carbocycles. The zero-order valence-corrected chi connectivity index (χ0v) is 25.1. The Labute approximate surface area is 240 Å². The molecule has 0 aliphatic carbocycles. The lowest BCUT2D eigenvalue weighted by Crippen LogP contribution is -2.44. The topological polar surface area (TPSA) is 123 Å². The summed E-state index contributed by atoms with van der Waals surface area (Å²) in [7, 11) is 0. The van der Waals surface area contributed by atoms with Crippen LogP contribution in [0.2, 0.25) is 0 Å². The van der Waals surface area contributed by atoms with Gasteiger partial charge in [-0.2, -0.15) is 0 Å². The summed E-state index contributed by atoms with van der Waals surface area (Å²) in [5, 5.41) is 16.7. The van der Waals surface area contributed by atoms with Gasteiger partial charge in [-0.3, -0.25) is 4.79 Å². The van der Waals surface area contributed by atoms with Crippen LogP contribution in [0.1, 0.15) is 77.6 Å². The minimum atomic E-state index is -0.871. The van der Waals surface area contributed by atoms with Crippen LogP contribution in [0.5, 0.6) is 0 Å². The van der Waals surface area contributed by atoms with Crippen LogP contribution in [0.15, 0.2) is 54.6 Å². The summed E-state index contributed by atoms with van der Waals surface area (Å²) in [4.78, 5) is 25.3. The molecule has 0 heterocycles. The molecule has 8 heteroatoms. The zero-order chi connectivity index (χ0) is 29.9. The van der Waals surface area contributed by atoms with Crippen molar-refractivity contribution in [3.63, 3.8) is 0 Å². The van der Waals surface area contributed by atoms with Crippen LogP contribution in [0.25, 0.3) is 0 Å². The molecule has 0 unspecified atom stereocenters. The summed E-state index contributed by atoms with van der Waals surface area (Å²) in [5.41, 5.74) is 8.34. The maximum absolute atomic E-state index is 12.6. The van der Waals surface area contributed by atoms with Crippen molar-refractivity contribution in [1.29, 1.82) is 0 Å². The second kappa shape index (κ2) is 15.7. The molecule has 0 spiro atoms. The fourth-order valence-corrected chi connectivity index (χ4v) is 4.27. The highest BCUT2D eigenvalue weighted by Crippen LogP contribution is 2.24. The molecule has 4 atom stereocenters. The molecule has 0 bridgehead atoms. The Morgan fingerprint density at radius 2 is 1.62 bits per heavy atom. The monoisotopic (exact) mass is 555 g/mol. The van der Waals surface area contributed by atoms with Crippen molar-refractivity contribution >= 4 is 12.0 Å². The standard InChI is InChI=1S/C32H49N3O5/c1-21(2)18-34-30(37)26(22(3)4)17-28(36)27(33)20-39-19-23-12-11-15-25(16-23)29(24-13-9-8-10-14-24)35-31(38)40-32(5,6)7/h8-16,21-22,26-29,36H,17-20,33H2,1-7H3,(H,34,37)(H,35,38)/t26-,27-,28-,29+/m0/s1. The number of nitrogens with two attached hydrogens (primary N) is 1. The van der Waals surface area contributed by atoms with Gasteiger partial charge in [-0.15, -0.1) is 0 Å². The van der Waals surface area contributed by atoms with Crippen molar-refractivity contribution in [2.24, 2.45) is 23.5 Å². The lowest BCUT2D eigenvalue weighted by molar-refractivity contribution is -0.127. The first kappa shape index (κ1) is 33.3. The first-order chi connectivity index (χ1) is 18.8. The zero-order valence-electron chi connectivity index (χ0n) is 25.1. The highest BCUT2D eigenvalue weighted by Gasteiger charge is 2.28. The molecule has 0 aromatic heterocycles. The van der Waals surface area contributed by atoms with Crippen molar-refractivity contribution in [3.8, 4) is 0 Å². The van der Waals surface area contributed by atoms with E-state index in [0.29, 0.717) is 12.5 Å². The number of benzene rings is 2. The lowest BCUT2D eigenvalue weighted by Gasteiger charge is -2.26. The van der Waals surface area contributed by atoms with E-state index in [2.05, 4.69) is 10.6 Å². The van der Waals surface area contributed by atoms with Gasteiger partial charge >= 0.3 is 6.09 Å². The van der Waals surface area contributed by atoms with Gasteiger partial charge in [-0.1, -0.05) is 82.3 Å². The van der Waals surface area contributed by atoms with Crippen molar-refractivity contribution < 1.29 is 24.2 Å². The molecule has 0 radical (unpaired) electrons. The Balaban J connectivity index is 2.02. The van der Waals surface area contributed by atoms with Crippen molar-refractivity contribution in [2.75, 3.05) is 13.2 Å². The molecule has 0 aliphatic heterocycles. The van der Waals surface area contributed by atoms with Crippen molar-refractivity contribution in [1.82, 2.24) is 10.6 Å². The molecule has 0 fully saturated rings. The molecule has 8 nitrogen and oxygen atoms in total. The van der Waals surface area contributed by atoms with E-state index in [9.17, 15) is 14.7 Å². The number of alkyl carbamates (subject to hydrolysis) is 1. The second-order valence-electron chi connectivity index (χ2n) is 12.2. The number of carbonyl (C=O) groups is 2. The molecule has 2 amide bonds. The van der Waals surface area contributed by atoms with Gasteiger partial charge in [0.1, 0.15) is 5.60 Å². The smallest absolute Gasteiger partial charge is 0.408 e. The van der Waals surface area contributed by atoms with Gasteiger partial charge in [-0.05, 0) is 55.7 Å². The summed E-state index contributed by atoms with van der Waals surface area (Å²) in [5.74, 6) is 0.0425. The highest BCUT2D eigenvalue weighted by atomic mass is 16.6. The van der Waals surface area contributed by atoms with Crippen LogP contribution < -0.4 is 16.4 Å². The van der Waals surface area contributed by atoms with E-state index in [0.717, 1.165) is 16.7 Å². The average molecular weight is 556 g/mol. The number of aliphatic hydroxyl groups excluding tert-OH is 1. The predicted octanol–water partition coefficient (Wildman–Crippen LogP) is 4.94. The number of ether oxygens (including phenoxy) is 2. The van der Waals surface area contributed by atoms with Crippen LogP contribution in [0.3, 0.4) is 0 Å². The molecule has 40 heavy (non-hydrogen) atoms. The van der Waals surface area contributed by atoms with Gasteiger partial charge in [-0.25, -0.2) is 4.79 Å². The van der Waals surface area contributed by atoms with Crippen LogP contribution >= 0.6 is 0 Å². The SMILES string of the molecule is CC(C)CNC(=O)[C@@H](C[C@H](O)[C@@H](N)COCc1cccc([C@H](NC(=O)OC(C)(C)C)c2ccccc2)c1)C(C)C. The number of amides is 2. The van der Waals surface area contributed by atoms with Gasteiger partial charge in [0.05, 0.1) is 31.4 Å². The summed E-state index contributed by atoms with van der Waals surface area (Å²) in [6, 6.07) is 16.4. The number of hydrogen-bond donors (Lipinski definition) is 4. The molecular formula is C32H49N3O5.